The molecule has 0 aromatic carbocycles. The van der Waals surface area contributed by atoms with Crippen molar-refractivity contribution >= 4 is 10.1 Å². The Hall–Kier alpha value is -0.210. The minimum atomic E-state index is -3.38. The molecule has 0 aliphatic carbocycles. The number of ether oxygens (including phenoxy) is 3. The topological polar surface area (TPSA) is 71.1 Å². The highest BCUT2D eigenvalue weighted by atomic mass is 32.2. The van der Waals surface area contributed by atoms with Gasteiger partial charge in [0.05, 0.1) is 45.9 Å². The molecule has 0 radical (unpaired) electrons. The number of rotatable bonds is 21. The third-order valence-corrected chi connectivity index (χ3v) is 4.51. The summed E-state index contributed by atoms with van der Waals surface area (Å²) in [7, 11) is -3.38. The monoisotopic (exact) mass is 396 g/mol. The van der Waals surface area contributed by atoms with Gasteiger partial charge < -0.3 is 14.2 Å². The van der Waals surface area contributed by atoms with Crippen LogP contribution in [0.15, 0.2) is 0 Å². The lowest BCUT2D eigenvalue weighted by Gasteiger charge is -2.07. The van der Waals surface area contributed by atoms with Crippen LogP contribution in [0.2, 0.25) is 0 Å². The maximum atomic E-state index is 10.7. The van der Waals surface area contributed by atoms with Crippen molar-refractivity contribution in [2.45, 2.75) is 71.1 Å². The van der Waals surface area contributed by atoms with E-state index < -0.39 is 10.1 Å². The van der Waals surface area contributed by atoms with Crippen molar-refractivity contribution in [3.8, 4) is 0 Å². The first-order valence-corrected chi connectivity index (χ1v) is 12.0. The Morgan fingerprint density at radius 1 is 0.538 bits per heavy atom. The molecule has 0 atom stereocenters. The van der Waals surface area contributed by atoms with E-state index in [4.69, 9.17) is 14.2 Å². The normalized spacial score (nSPS) is 11.9. The average molecular weight is 397 g/mol. The molecule has 158 valence electrons. The molecule has 26 heavy (non-hydrogen) atoms. The van der Waals surface area contributed by atoms with Crippen LogP contribution in [0.25, 0.3) is 0 Å². The van der Waals surface area contributed by atoms with Gasteiger partial charge in [0, 0.05) is 6.61 Å². The molecule has 0 aliphatic rings. The van der Waals surface area contributed by atoms with Gasteiger partial charge in [-0.25, -0.2) is 0 Å². The summed E-state index contributed by atoms with van der Waals surface area (Å²) in [6, 6.07) is 0. The van der Waals surface area contributed by atoms with Crippen LogP contribution in [-0.2, 0) is 28.5 Å². The molecular weight excluding hydrogens is 356 g/mol. The van der Waals surface area contributed by atoms with Gasteiger partial charge in [-0.15, -0.1) is 0 Å². The predicted octanol–water partition coefficient (Wildman–Crippen LogP) is 3.93. The summed E-state index contributed by atoms with van der Waals surface area (Å²) in [5.41, 5.74) is 0. The van der Waals surface area contributed by atoms with E-state index in [1.807, 2.05) is 0 Å². The van der Waals surface area contributed by atoms with E-state index in [9.17, 15) is 8.42 Å². The fourth-order valence-corrected chi connectivity index (χ4v) is 2.85. The van der Waals surface area contributed by atoms with Crippen molar-refractivity contribution in [2.24, 2.45) is 0 Å². The van der Waals surface area contributed by atoms with E-state index >= 15 is 0 Å². The summed E-state index contributed by atoms with van der Waals surface area (Å²) in [6.45, 7) is 5.40. The fourth-order valence-electron chi connectivity index (χ4n) is 2.48. The largest absolute Gasteiger partial charge is 0.379 e. The molecule has 0 unspecified atom stereocenters. The Morgan fingerprint density at radius 2 is 0.923 bits per heavy atom. The van der Waals surface area contributed by atoms with Gasteiger partial charge in [-0.2, -0.15) is 8.42 Å². The Bertz CT molecular complexity index is 372. The summed E-state index contributed by atoms with van der Waals surface area (Å²) in [5, 5.41) is 0. The summed E-state index contributed by atoms with van der Waals surface area (Å²) in [5.74, 6) is 0. The molecule has 0 bridgehead atoms. The number of hydrogen-bond acceptors (Lipinski definition) is 6. The van der Waals surface area contributed by atoms with Gasteiger partial charge >= 0.3 is 0 Å². The lowest BCUT2D eigenvalue weighted by Crippen LogP contribution is -2.13. The Kier molecular flexibility index (Phi) is 19.4. The number of hydrogen-bond donors (Lipinski definition) is 0. The van der Waals surface area contributed by atoms with Gasteiger partial charge in [0.25, 0.3) is 10.1 Å². The van der Waals surface area contributed by atoms with Crippen LogP contribution in [0.5, 0.6) is 0 Å². The standard InChI is InChI=1S/C19H40O6S/c1-3-4-5-6-7-8-9-10-11-12-13-22-14-15-23-16-17-24-18-19-25-26(2,20)21/h3-19H2,1-2H3. The van der Waals surface area contributed by atoms with Gasteiger partial charge in [0.15, 0.2) is 0 Å². The van der Waals surface area contributed by atoms with Crippen molar-refractivity contribution in [3.63, 3.8) is 0 Å². The van der Waals surface area contributed by atoms with E-state index in [-0.39, 0.29) is 13.2 Å². The van der Waals surface area contributed by atoms with Gasteiger partial charge in [0.2, 0.25) is 0 Å². The van der Waals surface area contributed by atoms with Gasteiger partial charge in [-0.05, 0) is 6.42 Å². The van der Waals surface area contributed by atoms with Crippen LogP contribution < -0.4 is 0 Å². The first kappa shape index (κ1) is 25.8. The SMILES string of the molecule is CCCCCCCCCCCCOCCOCCOCCOS(C)(=O)=O. The van der Waals surface area contributed by atoms with Crippen molar-refractivity contribution in [3.05, 3.63) is 0 Å². The maximum absolute atomic E-state index is 10.7. The molecule has 0 saturated carbocycles. The van der Waals surface area contributed by atoms with E-state index in [1.54, 1.807) is 0 Å². The lowest BCUT2D eigenvalue weighted by molar-refractivity contribution is 0.00916. The van der Waals surface area contributed by atoms with E-state index in [0.717, 1.165) is 19.3 Å². The molecule has 0 fully saturated rings. The average Bonchev–Trinajstić information content (AvgIpc) is 2.59. The molecule has 0 aliphatic heterocycles. The molecule has 0 aromatic heterocycles. The Labute approximate surface area is 161 Å². The zero-order chi connectivity index (χ0) is 19.3. The first-order chi connectivity index (χ1) is 12.6. The third kappa shape index (κ3) is 23.8. The van der Waals surface area contributed by atoms with Crippen molar-refractivity contribution in [2.75, 3.05) is 52.5 Å². The van der Waals surface area contributed by atoms with Gasteiger partial charge in [-0.1, -0.05) is 64.7 Å². The van der Waals surface area contributed by atoms with Crippen LogP contribution in [0.3, 0.4) is 0 Å². The van der Waals surface area contributed by atoms with Crippen LogP contribution in [0.4, 0.5) is 0 Å². The van der Waals surface area contributed by atoms with Gasteiger partial charge in [0.1, 0.15) is 0 Å². The minimum absolute atomic E-state index is 0.0425. The summed E-state index contributed by atoms with van der Waals surface area (Å²) < 4.78 is 42.1. The molecule has 0 heterocycles. The van der Waals surface area contributed by atoms with Crippen LogP contribution in [-0.4, -0.2) is 60.9 Å². The summed E-state index contributed by atoms with van der Waals surface area (Å²) in [6.07, 6.45) is 14.3. The second-order valence-corrected chi connectivity index (χ2v) is 8.19. The maximum Gasteiger partial charge on any atom is 0.264 e. The Balaban J connectivity index is 3.03. The molecule has 0 N–H and O–H groups in total. The summed E-state index contributed by atoms with van der Waals surface area (Å²) >= 11 is 0. The summed E-state index contributed by atoms with van der Waals surface area (Å²) in [4.78, 5) is 0. The number of unbranched alkanes of at least 4 members (excludes halogenated alkanes) is 9. The molecule has 0 aromatic rings. The van der Waals surface area contributed by atoms with E-state index in [1.165, 1.54) is 57.8 Å². The molecule has 0 amide bonds. The molecule has 7 heteroatoms. The highest BCUT2D eigenvalue weighted by Gasteiger charge is 2.00. The van der Waals surface area contributed by atoms with Crippen molar-refractivity contribution in [1.29, 1.82) is 0 Å². The molecular formula is C19H40O6S. The highest BCUT2D eigenvalue weighted by Crippen LogP contribution is 2.10. The van der Waals surface area contributed by atoms with Gasteiger partial charge in [-0.3, -0.25) is 4.18 Å². The van der Waals surface area contributed by atoms with Crippen LogP contribution in [0.1, 0.15) is 71.1 Å². The fraction of sp³-hybridized carbons (Fsp3) is 1.00. The predicted molar refractivity (Wildman–Crippen MR) is 105 cm³/mol. The molecule has 6 nitrogen and oxygen atoms in total. The highest BCUT2D eigenvalue weighted by molar-refractivity contribution is 7.85. The zero-order valence-electron chi connectivity index (χ0n) is 16.9. The van der Waals surface area contributed by atoms with Crippen molar-refractivity contribution in [1.82, 2.24) is 0 Å². The first-order valence-electron chi connectivity index (χ1n) is 10.1. The quantitative estimate of drug-likeness (QED) is 0.216. The second kappa shape index (κ2) is 19.5. The second-order valence-electron chi connectivity index (χ2n) is 6.55. The van der Waals surface area contributed by atoms with Crippen LogP contribution >= 0.6 is 0 Å². The van der Waals surface area contributed by atoms with E-state index in [2.05, 4.69) is 11.1 Å². The smallest absolute Gasteiger partial charge is 0.264 e. The molecule has 0 saturated heterocycles. The lowest BCUT2D eigenvalue weighted by atomic mass is 10.1. The minimum Gasteiger partial charge on any atom is -0.379 e. The molecule has 0 spiro atoms. The van der Waals surface area contributed by atoms with Crippen molar-refractivity contribution < 1.29 is 26.8 Å². The van der Waals surface area contributed by atoms with Crippen LogP contribution in [0, 0.1) is 0 Å². The third-order valence-electron chi connectivity index (χ3n) is 3.91. The Morgan fingerprint density at radius 3 is 1.38 bits per heavy atom. The molecule has 0 rings (SSSR count). The zero-order valence-corrected chi connectivity index (χ0v) is 17.7. The van der Waals surface area contributed by atoms with E-state index in [0.29, 0.717) is 26.4 Å².